The van der Waals surface area contributed by atoms with E-state index >= 15 is 0 Å². The number of nitrogens with one attached hydrogen (secondary N) is 1. The zero-order chi connectivity index (χ0) is 15.2. The van der Waals surface area contributed by atoms with Crippen LogP contribution in [0.1, 0.15) is 18.1 Å². The average Bonchev–Trinajstić information content (AvgIpc) is 2.52. The minimum atomic E-state index is -0.148. The molecule has 3 nitrogen and oxygen atoms in total. The molecule has 2 aromatic rings. The van der Waals surface area contributed by atoms with Crippen molar-refractivity contribution in [1.29, 1.82) is 0 Å². The summed E-state index contributed by atoms with van der Waals surface area (Å²) in [4.78, 5) is 11.8. The number of benzene rings is 2. The fourth-order valence-corrected chi connectivity index (χ4v) is 2.16. The van der Waals surface area contributed by atoms with Crippen LogP contribution >= 0.6 is 12.4 Å². The lowest BCUT2D eigenvalue weighted by Gasteiger charge is -2.11. The van der Waals surface area contributed by atoms with Crippen LogP contribution in [0.5, 0.6) is 0 Å². The molecule has 1 atom stereocenters. The van der Waals surface area contributed by atoms with Gasteiger partial charge in [-0.25, -0.2) is 0 Å². The van der Waals surface area contributed by atoms with Crippen molar-refractivity contribution in [1.82, 2.24) is 5.32 Å². The summed E-state index contributed by atoms with van der Waals surface area (Å²) in [6.07, 6.45) is 0. The second-order valence-corrected chi connectivity index (χ2v) is 5.42. The van der Waals surface area contributed by atoms with E-state index in [1.807, 2.05) is 19.1 Å². The second-order valence-electron chi connectivity index (χ2n) is 5.42. The molecule has 2 rings (SSSR count). The van der Waals surface area contributed by atoms with Crippen molar-refractivity contribution >= 4 is 18.3 Å². The van der Waals surface area contributed by atoms with Crippen molar-refractivity contribution in [3.05, 3.63) is 59.7 Å². The first-order valence-electron chi connectivity index (χ1n) is 7.24. The molecule has 0 heterocycles. The molecule has 2 aromatic carbocycles. The highest BCUT2D eigenvalue weighted by molar-refractivity contribution is 5.85. The van der Waals surface area contributed by atoms with Crippen molar-refractivity contribution in [2.75, 3.05) is 6.54 Å². The standard InChI is InChI=1S/C18H22N2O.ClH/c1-13-5-3-7-16(9-13)17-8-4-6-15(10-17)12-20-18(21)14(2)11-19;/h3-10,14H,11-12,19H2,1-2H3,(H,20,21);1H. The molecule has 0 fully saturated rings. The number of hydrogen-bond donors (Lipinski definition) is 2. The first kappa shape index (κ1) is 18.2. The van der Waals surface area contributed by atoms with Gasteiger partial charge in [-0.2, -0.15) is 0 Å². The van der Waals surface area contributed by atoms with Crippen LogP contribution in [-0.2, 0) is 11.3 Å². The molecule has 0 radical (unpaired) electrons. The van der Waals surface area contributed by atoms with Gasteiger partial charge in [-0.05, 0) is 29.7 Å². The molecular weight excluding hydrogens is 296 g/mol. The molecule has 0 bridgehead atoms. The normalized spacial score (nSPS) is 11.4. The summed E-state index contributed by atoms with van der Waals surface area (Å²) in [6, 6.07) is 16.6. The molecule has 1 amide bonds. The van der Waals surface area contributed by atoms with Gasteiger partial charge in [0.25, 0.3) is 0 Å². The maximum Gasteiger partial charge on any atom is 0.224 e. The zero-order valence-electron chi connectivity index (χ0n) is 13.0. The number of aryl methyl sites for hydroxylation is 1. The number of hydrogen-bond acceptors (Lipinski definition) is 2. The minimum absolute atomic E-state index is 0. The Morgan fingerprint density at radius 3 is 2.41 bits per heavy atom. The molecule has 0 aliphatic heterocycles. The van der Waals surface area contributed by atoms with Gasteiger partial charge in [-0.15, -0.1) is 12.4 Å². The maximum absolute atomic E-state index is 11.8. The van der Waals surface area contributed by atoms with Crippen LogP contribution in [0.25, 0.3) is 11.1 Å². The largest absolute Gasteiger partial charge is 0.352 e. The maximum atomic E-state index is 11.8. The number of carbonyl (C=O) groups excluding carboxylic acids is 1. The van der Waals surface area contributed by atoms with Crippen LogP contribution in [0.3, 0.4) is 0 Å². The van der Waals surface area contributed by atoms with Crippen LogP contribution in [-0.4, -0.2) is 12.5 Å². The Morgan fingerprint density at radius 2 is 1.77 bits per heavy atom. The molecule has 0 saturated heterocycles. The van der Waals surface area contributed by atoms with E-state index in [0.29, 0.717) is 13.1 Å². The molecule has 0 aliphatic rings. The van der Waals surface area contributed by atoms with Gasteiger partial charge in [0.15, 0.2) is 0 Å². The Kier molecular flexibility index (Phi) is 7.09. The van der Waals surface area contributed by atoms with Crippen LogP contribution in [0.2, 0.25) is 0 Å². The summed E-state index contributed by atoms with van der Waals surface area (Å²) < 4.78 is 0. The Morgan fingerprint density at radius 1 is 1.14 bits per heavy atom. The van der Waals surface area contributed by atoms with Gasteiger partial charge in [0.05, 0.1) is 0 Å². The Hall–Kier alpha value is -1.84. The zero-order valence-corrected chi connectivity index (χ0v) is 13.8. The van der Waals surface area contributed by atoms with Crippen molar-refractivity contribution in [2.24, 2.45) is 11.7 Å². The smallest absolute Gasteiger partial charge is 0.224 e. The molecule has 0 saturated carbocycles. The quantitative estimate of drug-likeness (QED) is 0.888. The fourth-order valence-electron chi connectivity index (χ4n) is 2.16. The number of halogens is 1. The number of carbonyl (C=O) groups is 1. The highest BCUT2D eigenvalue weighted by Crippen LogP contribution is 2.21. The Bertz CT molecular complexity index is 628. The average molecular weight is 319 g/mol. The third-order valence-corrected chi connectivity index (χ3v) is 3.55. The summed E-state index contributed by atoms with van der Waals surface area (Å²) >= 11 is 0. The van der Waals surface area contributed by atoms with Gasteiger partial charge in [-0.1, -0.05) is 55.0 Å². The van der Waals surface area contributed by atoms with E-state index in [2.05, 4.69) is 48.6 Å². The molecule has 0 spiro atoms. The predicted octanol–water partition coefficient (Wildman–Crippen LogP) is 3.29. The number of amides is 1. The molecule has 3 N–H and O–H groups in total. The Labute approximate surface area is 138 Å². The Balaban J connectivity index is 0.00000242. The van der Waals surface area contributed by atoms with Crippen molar-refractivity contribution in [3.63, 3.8) is 0 Å². The number of rotatable bonds is 5. The van der Waals surface area contributed by atoms with Gasteiger partial charge in [0, 0.05) is 19.0 Å². The van der Waals surface area contributed by atoms with Gasteiger partial charge in [-0.3, -0.25) is 4.79 Å². The van der Waals surface area contributed by atoms with Crippen molar-refractivity contribution in [3.8, 4) is 11.1 Å². The minimum Gasteiger partial charge on any atom is -0.352 e. The monoisotopic (exact) mass is 318 g/mol. The van der Waals surface area contributed by atoms with Gasteiger partial charge in [0.2, 0.25) is 5.91 Å². The molecule has 118 valence electrons. The highest BCUT2D eigenvalue weighted by Gasteiger charge is 2.10. The topological polar surface area (TPSA) is 55.1 Å². The van der Waals surface area contributed by atoms with E-state index in [1.165, 1.54) is 11.1 Å². The summed E-state index contributed by atoms with van der Waals surface area (Å²) in [5, 5.41) is 2.92. The molecule has 4 heteroatoms. The lowest BCUT2D eigenvalue weighted by Crippen LogP contribution is -2.32. The molecule has 0 aliphatic carbocycles. The second kappa shape index (κ2) is 8.57. The van der Waals surface area contributed by atoms with Crippen LogP contribution in [0.15, 0.2) is 48.5 Å². The molecule has 22 heavy (non-hydrogen) atoms. The van der Waals surface area contributed by atoms with E-state index in [1.54, 1.807) is 0 Å². The first-order chi connectivity index (χ1) is 10.1. The molecular formula is C18H23ClN2O. The van der Waals surface area contributed by atoms with E-state index < -0.39 is 0 Å². The van der Waals surface area contributed by atoms with E-state index in [4.69, 9.17) is 5.73 Å². The lowest BCUT2D eigenvalue weighted by molar-refractivity contribution is -0.124. The summed E-state index contributed by atoms with van der Waals surface area (Å²) in [6.45, 7) is 4.82. The van der Waals surface area contributed by atoms with Crippen LogP contribution < -0.4 is 11.1 Å². The highest BCUT2D eigenvalue weighted by atomic mass is 35.5. The van der Waals surface area contributed by atoms with Crippen LogP contribution in [0, 0.1) is 12.8 Å². The van der Waals surface area contributed by atoms with Crippen LogP contribution in [0.4, 0.5) is 0 Å². The van der Waals surface area contributed by atoms with Crippen molar-refractivity contribution in [2.45, 2.75) is 20.4 Å². The molecule has 1 unspecified atom stereocenters. The first-order valence-corrected chi connectivity index (χ1v) is 7.24. The lowest BCUT2D eigenvalue weighted by atomic mass is 10.0. The van der Waals surface area contributed by atoms with Crippen molar-refractivity contribution < 1.29 is 4.79 Å². The summed E-state index contributed by atoms with van der Waals surface area (Å²) in [7, 11) is 0. The summed E-state index contributed by atoms with van der Waals surface area (Å²) in [5.74, 6) is -0.150. The van der Waals surface area contributed by atoms with Gasteiger partial charge >= 0.3 is 0 Å². The third-order valence-electron chi connectivity index (χ3n) is 3.55. The van der Waals surface area contributed by atoms with Gasteiger partial charge in [0.1, 0.15) is 0 Å². The van der Waals surface area contributed by atoms with E-state index in [-0.39, 0.29) is 24.2 Å². The fraction of sp³-hybridized carbons (Fsp3) is 0.278. The number of nitrogens with two attached hydrogens (primary N) is 1. The predicted molar refractivity (Wildman–Crippen MR) is 93.9 cm³/mol. The van der Waals surface area contributed by atoms with Gasteiger partial charge < -0.3 is 11.1 Å². The van der Waals surface area contributed by atoms with E-state index in [0.717, 1.165) is 11.1 Å². The summed E-state index contributed by atoms with van der Waals surface area (Å²) in [5.41, 5.74) is 10.2. The SMILES string of the molecule is Cc1cccc(-c2cccc(CNC(=O)C(C)CN)c2)c1.Cl. The molecule has 0 aromatic heterocycles. The van der Waals surface area contributed by atoms with E-state index in [9.17, 15) is 4.79 Å². The third kappa shape index (κ3) is 4.86.